The molecular weight excluding hydrogens is 536 g/mol. The van der Waals surface area contributed by atoms with Crippen LogP contribution in [0.5, 0.6) is 23.0 Å². The van der Waals surface area contributed by atoms with E-state index >= 15 is 0 Å². The Morgan fingerprint density at radius 3 is 0.833 bits per heavy atom. The smallest absolute Gasteiger partial charge is 0.308 e. The summed E-state index contributed by atoms with van der Waals surface area (Å²) in [5.74, 6) is 0.836. The van der Waals surface area contributed by atoms with Crippen molar-refractivity contribution in [2.75, 3.05) is 13.2 Å². The Hall–Kier alpha value is -3.10. The molecule has 0 aliphatic carbocycles. The van der Waals surface area contributed by atoms with E-state index in [1.165, 1.54) is 13.8 Å². The first-order chi connectivity index (χ1) is 18.8. The lowest BCUT2D eigenvalue weighted by Crippen LogP contribution is -2.18. The number of phenolic OH excluding ortho intramolecular Hbond substituents is 2. The van der Waals surface area contributed by atoms with Crippen LogP contribution in [0.3, 0.4) is 0 Å². The third-order valence-electron chi connectivity index (χ3n) is 6.02. The van der Waals surface area contributed by atoms with E-state index in [2.05, 4.69) is 0 Å². The van der Waals surface area contributed by atoms with Gasteiger partial charge in [0.05, 0.1) is 13.2 Å². The fraction of sp³-hybridized carbons (Fsp3) is 0.588. The van der Waals surface area contributed by atoms with E-state index in [9.17, 15) is 19.8 Å². The fourth-order valence-corrected chi connectivity index (χ4v) is 3.95. The summed E-state index contributed by atoms with van der Waals surface area (Å²) in [4.78, 5) is 22.3. The van der Waals surface area contributed by atoms with Gasteiger partial charge in [-0.3, -0.25) is 9.59 Å². The maximum Gasteiger partial charge on any atom is 0.308 e. The predicted molar refractivity (Wildman–Crippen MR) is 168 cm³/mol. The van der Waals surface area contributed by atoms with Gasteiger partial charge in [0, 0.05) is 36.1 Å². The van der Waals surface area contributed by atoms with Gasteiger partial charge in [-0.05, 0) is 45.9 Å². The highest BCUT2D eigenvalue weighted by Crippen LogP contribution is 2.43. The number of hydrogen-bond acceptors (Lipinski definition) is 8. The molecule has 2 rings (SSSR count). The molecule has 2 aromatic rings. The van der Waals surface area contributed by atoms with Gasteiger partial charge in [-0.25, -0.2) is 0 Å². The number of carbonyl (C=O) groups is 2. The molecule has 238 valence electrons. The van der Waals surface area contributed by atoms with Gasteiger partial charge in [-0.2, -0.15) is 0 Å². The molecular formula is C34H54O8. The van der Waals surface area contributed by atoms with Crippen LogP contribution in [0.15, 0.2) is 24.3 Å². The summed E-state index contributed by atoms with van der Waals surface area (Å²) in [5.41, 5.74) is 2.26. The molecule has 4 N–H and O–H groups in total. The maximum atomic E-state index is 11.1. The van der Waals surface area contributed by atoms with Crippen LogP contribution in [0.4, 0.5) is 0 Å². The summed E-state index contributed by atoms with van der Waals surface area (Å²) >= 11 is 0. The van der Waals surface area contributed by atoms with E-state index in [-0.39, 0.29) is 58.3 Å². The molecule has 0 heterocycles. The van der Waals surface area contributed by atoms with E-state index < -0.39 is 0 Å². The second kappa shape index (κ2) is 14.9. The lowest BCUT2D eigenvalue weighted by atomic mass is 9.79. The van der Waals surface area contributed by atoms with Gasteiger partial charge < -0.3 is 29.9 Å². The first-order valence-corrected chi connectivity index (χ1v) is 14.1. The van der Waals surface area contributed by atoms with E-state index in [0.29, 0.717) is 11.5 Å². The fourth-order valence-electron chi connectivity index (χ4n) is 3.95. The average Bonchev–Trinajstić information content (AvgIpc) is 2.78. The van der Waals surface area contributed by atoms with Crippen molar-refractivity contribution in [3.63, 3.8) is 0 Å². The Kier molecular flexibility index (Phi) is 13.8. The van der Waals surface area contributed by atoms with Crippen molar-refractivity contribution in [1.29, 1.82) is 0 Å². The van der Waals surface area contributed by atoms with Crippen molar-refractivity contribution in [3.8, 4) is 23.0 Å². The summed E-state index contributed by atoms with van der Waals surface area (Å²) in [7, 11) is 0. The molecule has 2 aromatic carbocycles. The van der Waals surface area contributed by atoms with Gasteiger partial charge in [0.1, 0.15) is 23.0 Å². The molecule has 8 heteroatoms. The van der Waals surface area contributed by atoms with Gasteiger partial charge in [0.2, 0.25) is 0 Å². The monoisotopic (exact) mass is 590 g/mol. The lowest BCUT2D eigenvalue weighted by Gasteiger charge is -2.27. The van der Waals surface area contributed by atoms with Crippen molar-refractivity contribution in [1.82, 2.24) is 0 Å². The Morgan fingerprint density at radius 1 is 0.524 bits per heavy atom. The molecule has 8 nitrogen and oxygen atoms in total. The van der Waals surface area contributed by atoms with Crippen LogP contribution in [0, 0.1) is 0 Å². The van der Waals surface area contributed by atoms with Gasteiger partial charge in [0.25, 0.3) is 0 Å². The van der Waals surface area contributed by atoms with E-state index in [1.807, 2.05) is 83.1 Å². The number of phenols is 2. The molecule has 0 unspecified atom stereocenters. The second-order valence-corrected chi connectivity index (χ2v) is 14.4. The zero-order chi connectivity index (χ0) is 33.4. The SMILES string of the molecule is CC(=O)Oc1cc(C(C)(C)C)c(O)c(C(C)(C)C)c1.CC(=O)Oc1cc(C(C)(C)C)c(O)c(C(C)(C)C)c1.OCCO. The van der Waals surface area contributed by atoms with Crippen LogP contribution in [-0.4, -0.2) is 45.6 Å². The largest absolute Gasteiger partial charge is 0.507 e. The van der Waals surface area contributed by atoms with E-state index in [4.69, 9.17) is 19.7 Å². The minimum Gasteiger partial charge on any atom is -0.507 e. The zero-order valence-electron chi connectivity index (χ0n) is 28.1. The number of esters is 2. The Bertz CT molecular complexity index is 1030. The number of rotatable bonds is 3. The molecule has 0 radical (unpaired) electrons. The summed E-state index contributed by atoms with van der Waals surface area (Å²) < 4.78 is 10.4. The molecule has 0 aliphatic rings. The van der Waals surface area contributed by atoms with Crippen LogP contribution >= 0.6 is 0 Å². The van der Waals surface area contributed by atoms with Crippen molar-refractivity contribution < 1.29 is 39.5 Å². The van der Waals surface area contributed by atoms with Crippen LogP contribution in [0.1, 0.15) is 119 Å². The lowest BCUT2D eigenvalue weighted by molar-refractivity contribution is -0.132. The van der Waals surface area contributed by atoms with Gasteiger partial charge in [0.15, 0.2) is 0 Å². The molecule has 0 aromatic heterocycles. The molecule has 0 spiro atoms. The van der Waals surface area contributed by atoms with Crippen LogP contribution in [-0.2, 0) is 31.2 Å². The van der Waals surface area contributed by atoms with Crippen molar-refractivity contribution >= 4 is 11.9 Å². The van der Waals surface area contributed by atoms with Crippen molar-refractivity contribution in [2.24, 2.45) is 0 Å². The van der Waals surface area contributed by atoms with Crippen LogP contribution in [0.25, 0.3) is 0 Å². The number of carbonyl (C=O) groups excluding carboxylic acids is 2. The summed E-state index contributed by atoms with van der Waals surface area (Å²) in [6, 6.07) is 6.97. The van der Waals surface area contributed by atoms with Crippen molar-refractivity contribution in [2.45, 2.75) is 119 Å². The molecule has 0 aliphatic heterocycles. The minimum atomic E-state index is -0.356. The first-order valence-electron chi connectivity index (χ1n) is 14.1. The standard InChI is InChI=1S/2C16H24O3.C2H6O2/c2*1-10(17)19-11-8-12(15(2,3)4)14(18)13(9-11)16(5,6)7;3-1-2-4/h2*8-9,18H,1-7H3;3-4H,1-2H2. The number of aliphatic hydroxyl groups is 2. The third-order valence-corrected chi connectivity index (χ3v) is 6.02. The average molecular weight is 591 g/mol. The highest BCUT2D eigenvalue weighted by atomic mass is 16.5. The number of ether oxygens (including phenoxy) is 2. The topological polar surface area (TPSA) is 134 Å². The molecule has 0 saturated heterocycles. The second-order valence-electron chi connectivity index (χ2n) is 14.4. The predicted octanol–water partition coefficient (Wildman–Crippen LogP) is 6.80. The van der Waals surface area contributed by atoms with E-state index in [1.54, 1.807) is 24.3 Å². The zero-order valence-corrected chi connectivity index (χ0v) is 28.1. The minimum absolute atomic E-state index is 0.125. The third kappa shape index (κ3) is 12.4. The molecule has 0 bridgehead atoms. The molecule has 0 amide bonds. The Balaban J connectivity index is 0.000000710. The number of aromatic hydroxyl groups is 2. The highest BCUT2D eigenvalue weighted by Gasteiger charge is 2.28. The van der Waals surface area contributed by atoms with Gasteiger partial charge in [-0.15, -0.1) is 0 Å². The molecule has 0 fully saturated rings. The van der Waals surface area contributed by atoms with Crippen molar-refractivity contribution in [3.05, 3.63) is 46.5 Å². The number of aliphatic hydroxyl groups excluding tert-OH is 2. The summed E-state index contributed by atoms with van der Waals surface area (Å²) in [5, 5.41) is 36.2. The summed E-state index contributed by atoms with van der Waals surface area (Å²) in [6.45, 7) is 26.7. The van der Waals surface area contributed by atoms with E-state index in [0.717, 1.165) is 22.3 Å². The highest BCUT2D eigenvalue weighted by molar-refractivity contribution is 5.70. The van der Waals surface area contributed by atoms with Gasteiger partial charge >= 0.3 is 11.9 Å². The normalized spacial score (nSPS) is 11.9. The Labute approximate surface area is 252 Å². The number of hydrogen-bond donors (Lipinski definition) is 4. The quantitative estimate of drug-likeness (QED) is 0.227. The maximum absolute atomic E-state index is 11.1. The van der Waals surface area contributed by atoms with Crippen LogP contribution in [0.2, 0.25) is 0 Å². The number of benzene rings is 2. The molecule has 42 heavy (non-hydrogen) atoms. The molecule has 0 saturated carbocycles. The van der Waals surface area contributed by atoms with Gasteiger partial charge in [-0.1, -0.05) is 83.1 Å². The first kappa shape index (κ1) is 38.9. The van der Waals surface area contributed by atoms with Crippen LogP contribution < -0.4 is 9.47 Å². The summed E-state index contributed by atoms with van der Waals surface area (Å²) in [6.07, 6.45) is 0. The Morgan fingerprint density at radius 2 is 0.714 bits per heavy atom. The molecule has 0 atom stereocenters.